The number of nitrogens with one attached hydrogen (secondary N) is 1. The van der Waals surface area contributed by atoms with Crippen LogP contribution in [-0.4, -0.2) is 26.8 Å². The number of aryl methyl sites for hydroxylation is 1. The van der Waals surface area contributed by atoms with Crippen LogP contribution in [0.4, 0.5) is 5.95 Å². The predicted molar refractivity (Wildman–Crippen MR) is 86.2 cm³/mol. The molecule has 19 heavy (non-hydrogen) atoms. The molecule has 5 nitrogen and oxygen atoms in total. The van der Waals surface area contributed by atoms with Gasteiger partial charge >= 0.3 is 0 Å². The molecule has 0 atom stereocenters. The van der Waals surface area contributed by atoms with Gasteiger partial charge in [0.15, 0.2) is 5.82 Å². The Balaban J connectivity index is 2.28. The van der Waals surface area contributed by atoms with Gasteiger partial charge in [-0.3, -0.25) is 0 Å². The molecule has 0 unspecified atom stereocenters. The van der Waals surface area contributed by atoms with E-state index in [9.17, 15) is 0 Å². The van der Waals surface area contributed by atoms with Gasteiger partial charge in [0.25, 0.3) is 0 Å². The zero-order valence-electron chi connectivity index (χ0n) is 10.5. The van der Waals surface area contributed by atoms with Gasteiger partial charge in [-0.1, -0.05) is 6.92 Å². The number of aromatic nitrogens is 4. The molecular formula is C12H12IN5S. The van der Waals surface area contributed by atoms with Gasteiger partial charge in [0.05, 0.1) is 15.2 Å². The van der Waals surface area contributed by atoms with Crippen LogP contribution in [0.15, 0.2) is 18.5 Å². The van der Waals surface area contributed by atoms with E-state index < -0.39 is 0 Å². The van der Waals surface area contributed by atoms with Gasteiger partial charge in [0.1, 0.15) is 4.83 Å². The molecule has 0 saturated carbocycles. The quantitative estimate of drug-likeness (QED) is 0.705. The van der Waals surface area contributed by atoms with Crippen molar-refractivity contribution in [2.24, 2.45) is 0 Å². The molecule has 0 radical (unpaired) electrons. The molecule has 0 spiro atoms. The third kappa shape index (κ3) is 2.32. The van der Waals surface area contributed by atoms with Crippen LogP contribution in [0, 0.1) is 3.57 Å². The molecule has 0 amide bonds. The average molecular weight is 385 g/mol. The molecule has 0 aliphatic rings. The van der Waals surface area contributed by atoms with E-state index in [0.717, 1.165) is 26.0 Å². The monoisotopic (exact) mass is 385 g/mol. The molecule has 0 saturated heterocycles. The fourth-order valence-electron chi connectivity index (χ4n) is 1.83. The van der Waals surface area contributed by atoms with E-state index in [4.69, 9.17) is 0 Å². The fraction of sp³-hybridized carbons (Fsp3) is 0.250. The van der Waals surface area contributed by atoms with E-state index in [1.807, 2.05) is 19.4 Å². The second kappa shape index (κ2) is 5.04. The molecule has 7 heteroatoms. The molecule has 98 valence electrons. The highest BCUT2D eigenvalue weighted by atomic mass is 127. The van der Waals surface area contributed by atoms with Gasteiger partial charge in [-0.05, 0) is 35.1 Å². The van der Waals surface area contributed by atoms with E-state index in [-0.39, 0.29) is 0 Å². The molecule has 3 heterocycles. The molecule has 3 rings (SSSR count). The smallest absolute Gasteiger partial charge is 0.225 e. The lowest BCUT2D eigenvalue weighted by molar-refractivity contribution is 0.852. The molecule has 0 fully saturated rings. The Morgan fingerprint density at radius 2 is 2.26 bits per heavy atom. The lowest BCUT2D eigenvalue weighted by atomic mass is 10.3. The van der Waals surface area contributed by atoms with Crippen molar-refractivity contribution >= 4 is 50.1 Å². The van der Waals surface area contributed by atoms with Crippen LogP contribution in [0.25, 0.3) is 16.0 Å². The van der Waals surface area contributed by atoms with Crippen molar-refractivity contribution in [1.29, 1.82) is 0 Å². The van der Waals surface area contributed by atoms with Crippen molar-refractivity contribution < 1.29 is 0 Å². The summed E-state index contributed by atoms with van der Waals surface area (Å²) in [7, 11) is 1.83. The Kier molecular flexibility index (Phi) is 3.40. The third-order valence-corrected chi connectivity index (χ3v) is 4.49. The minimum absolute atomic E-state index is 0.623. The van der Waals surface area contributed by atoms with Gasteiger partial charge in [0, 0.05) is 18.1 Å². The van der Waals surface area contributed by atoms with Crippen molar-refractivity contribution in [3.63, 3.8) is 0 Å². The summed E-state index contributed by atoms with van der Waals surface area (Å²) in [4.78, 5) is 11.3. The largest absolute Gasteiger partial charge is 0.357 e. The maximum atomic E-state index is 4.53. The SMILES string of the molecule is CCc1cc2c(-n3cc(I)cn3)nc(NC)nc2s1. The highest BCUT2D eigenvalue weighted by molar-refractivity contribution is 14.1. The number of anilines is 1. The molecule has 3 aromatic heterocycles. The van der Waals surface area contributed by atoms with Crippen LogP contribution in [0.1, 0.15) is 11.8 Å². The van der Waals surface area contributed by atoms with Crippen LogP contribution in [-0.2, 0) is 6.42 Å². The number of hydrogen-bond acceptors (Lipinski definition) is 5. The van der Waals surface area contributed by atoms with Crippen molar-refractivity contribution in [2.75, 3.05) is 12.4 Å². The van der Waals surface area contributed by atoms with E-state index in [1.54, 1.807) is 16.0 Å². The summed E-state index contributed by atoms with van der Waals surface area (Å²) in [6.45, 7) is 2.15. The number of nitrogens with zero attached hydrogens (tertiary/aromatic N) is 4. The lowest BCUT2D eigenvalue weighted by Crippen LogP contribution is -2.03. The molecular weight excluding hydrogens is 373 g/mol. The minimum atomic E-state index is 0.623. The molecule has 0 bridgehead atoms. The van der Waals surface area contributed by atoms with Gasteiger partial charge < -0.3 is 5.32 Å². The Morgan fingerprint density at radius 1 is 1.42 bits per heavy atom. The summed E-state index contributed by atoms with van der Waals surface area (Å²) in [6, 6.07) is 2.16. The molecule has 0 aliphatic carbocycles. The first-order valence-electron chi connectivity index (χ1n) is 5.90. The Hall–Kier alpha value is -1.22. The zero-order chi connectivity index (χ0) is 13.4. The average Bonchev–Trinajstić information content (AvgIpc) is 3.02. The van der Waals surface area contributed by atoms with Gasteiger partial charge in [-0.25, -0.2) is 9.67 Å². The van der Waals surface area contributed by atoms with Crippen molar-refractivity contribution in [2.45, 2.75) is 13.3 Å². The van der Waals surface area contributed by atoms with E-state index in [1.165, 1.54) is 4.88 Å². The Morgan fingerprint density at radius 3 is 2.89 bits per heavy atom. The van der Waals surface area contributed by atoms with Gasteiger partial charge in [-0.15, -0.1) is 11.3 Å². The second-order valence-electron chi connectivity index (χ2n) is 4.01. The van der Waals surface area contributed by atoms with Crippen LogP contribution in [0.2, 0.25) is 0 Å². The number of hydrogen-bond donors (Lipinski definition) is 1. The summed E-state index contributed by atoms with van der Waals surface area (Å²) in [6.07, 6.45) is 4.79. The summed E-state index contributed by atoms with van der Waals surface area (Å²) in [5, 5.41) is 8.40. The Labute approximate surface area is 128 Å². The van der Waals surface area contributed by atoms with Crippen molar-refractivity contribution in [3.8, 4) is 5.82 Å². The minimum Gasteiger partial charge on any atom is -0.357 e. The van der Waals surface area contributed by atoms with Crippen LogP contribution in [0.3, 0.4) is 0 Å². The number of fused-ring (bicyclic) bond motifs is 1. The molecule has 1 N–H and O–H groups in total. The third-order valence-electron chi connectivity index (χ3n) is 2.76. The van der Waals surface area contributed by atoms with Crippen LogP contribution < -0.4 is 5.32 Å². The normalized spacial score (nSPS) is 11.1. The van der Waals surface area contributed by atoms with Crippen LogP contribution in [0.5, 0.6) is 0 Å². The predicted octanol–water partition coefficient (Wildman–Crippen LogP) is 3.09. The van der Waals surface area contributed by atoms with Crippen LogP contribution >= 0.6 is 33.9 Å². The first kappa shape index (κ1) is 12.8. The zero-order valence-corrected chi connectivity index (χ0v) is 13.5. The summed E-state index contributed by atoms with van der Waals surface area (Å²) in [5.41, 5.74) is 0. The topological polar surface area (TPSA) is 55.6 Å². The van der Waals surface area contributed by atoms with Crippen molar-refractivity contribution in [1.82, 2.24) is 19.7 Å². The first-order chi connectivity index (χ1) is 9.21. The molecule has 0 aromatic carbocycles. The highest BCUT2D eigenvalue weighted by Crippen LogP contribution is 2.29. The summed E-state index contributed by atoms with van der Waals surface area (Å²) < 4.78 is 2.89. The Bertz CT molecular complexity index is 733. The maximum absolute atomic E-state index is 4.53. The second-order valence-corrected chi connectivity index (χ2v) is 6.37. The number of thiophene rings is 1. The summed E-state index contributed by atoms with van der Waals surface area (Å²) in [5.74, 6) is 1.45. The van der Waals surface area contributed by atoms with Gasteiger partial charge in [0.2, 0.25) is 5.95 Å². The number of rotatable bonds is 3. The van der Waals surface area contributed by atoms with E-state index in [0.29, 0.717) is 5.95 Å². The molecule has 3 aromatic rings. The number of halogens is 1. The fourth-order valence-corrected chi connectivity index (χ4v) is 3.18. The summed E-state index contributed by atoms with van der Waals surface area (Å²) >= 11 is 3.95. The standard InChI is InChI=1S/C12H12IN5S/c1-3-8-4-9-10(18-6-7(13)5-15-18)16-12(14-2)17-11(9)19-8/h4-6H,3H2,1-2H3,(H,14,16,17). The van der Waals surface area contributed by atoms with Crippen molar-refractivity contribution in [3.05, 3.63) is 26.9 Å². The molecule has 0 aliphatic heterocycles. The first-order valence-corrected chi connectivity index (χ1v) is 7.79. The van der Waals surface area contributed by atoms with Gasteiger partial charge in [-0.2, -0.15) is 10.1 Å². The lowest BCUT2D eigenvalue weighted by Gasteiger charge is -2.04. The maximum Gasteiger partial charge on any atom is 0.225 e. The highest BCUT2D eigenvalue weighted by Gasteiger charge is 2.13. The van der Waals surface area contributed by atoms with E-state index >= 15 is 0 Å². The van der Waals surface area contributed by atoms with E-state index in [2.05, 4.69) is 56.0 Å².